The predicted molar refractivity (Wildman–Crippen MR) is 77.7 cm³/mol. The first-order chi connectivity index (χ1) is 9.72. The molecule has 1 fully saturated rings. The van der Waals surface area contributed by atoms with Gasteiger partial charge in [-0.2, -0.15) is 0 Å². The van der Waals surface area contributed by atoms with Crippen LogP contribution in [0.15, 0.2) is 24.3 Å². The van der Waals surface area contributed by atoms with E-state index in [1.165, 1.54) is 6.42 Å². The van der Waals surface area contributed by atoms with Crippen molar-refractivity contribution in [2.45, 2.75) is 25.8 Å². The number of benzene rings is 1. The van der Waals surface area contributed by atoms with E-state index in [0.717, 1.165) is 19.5 Å². The third-order valence-corrected chi connectivity index (χ3v) is 3.66. The largest absolute Gasteiger partial charge is 0.336 e. The Morgan fingerprint density at radius 3 is 2.80 bits per heavy atom. The van der Waals surface area contributed by atoms with E-state index in [4.69, 9.17) is 0 Å². The number of likely N-dealkylation sites (N-methyl/N-ethyl adjacent to an activating group) is 1. The summed E-state index contributed by atoms with van der Waals surface area (Å²) in [7, 11) is 0. The lowest BCUT2D eigenvalue weighted by Crippen LogP contribution is -2.55. The summed E-state index contributed by atoms with van der Waals surface area (Å²) in [6.45, 7) is 4.95. The van der Waals surface area contributed by atoms with E-state index in [1.807, 2.05) is 0 Å². The van der Waals surface area contributed by atoms with Crippen LogP contribution in [0.1, 0.15) is 19.8 Å². The molecular formula is C14H21N4O2+. The number of urea groups is 1. The molecule has 1 saturated heterocycles. The summed E-state index contributed by atoms with van der Waals surface area (Å²) in [6.07, 6.45) is 2.34. The van der Waals surface area contributed by atoms with E-state index in [-0.39, 0.29) is 6.03 Å². The monoisotopic (exact) mass is 277 g/mol. The number of likely N-dealkylation sites (tertiary alicyclic amines) is 1. The van der Waals surface area contributed by atoms with Crippen LogP contribution in [0.3, 0.4) is 0 Å². The number of anilines is 1. The van der Waals surface area contributed by atoms with E-state index < -0.39 is 0 Å². The molecule has 1 aromatic rings. The smallest absolute Gasteiger partial charge is 0.319 e. The van der Waals surface area contributed by atoms with Gasteiger partial charge in [0.1, 0.15) is 0 Å². The van der Waals surface area contributed by atoms with Gasteiger partial charge in [0.15, 0.2) is 0 Å². The molecule has 1 atom stereocenters. The van der Waals surface area contributed by atoms with Gasteiger partial charge >= 0.3 is 6.03 Å². The summed E-state index contributed by atoms with van der Waals surface area (Å²) in [5, 5.41) is 7.45. The lowest BCUT2D eigenvalue weighted by atomic mass is 10.2. The van der Waals surface area contributed by atoms with Crippen molar-refractivity contribution in [3.8, 4) is 0 Å². The number of nitrogens with one attached hydrogen (secondary N) is 3. The van der Waals surface area contributed by atoms with Crippen molar-refractivity contribution in [2.75, 3.05) is 25.0 Å². The molecule has 6 nitrogen and oxygen atoms in total. The zero-order valence-corrected chi connectivity index (χ0v) is 11.7. The fraction of sp³-hybridized carbons (Fsp3) is 0.500. The fourth-order valence-corrected chi connectivity index (χ4v) is 2.55. The molecule has 108 valence electrons. The van der Waals surface area contributed by atoms with Crippen molar-refractivity contribution in [2.24, 2.45) is 0 Å². The van der Waals surface area contributed by atoms with Crippen molar-refractivity contribution in [1.29, 1.82) is 0 Å². The van der Waals surface area contributed by atoms with Crippen molar-refractivity contribution >= 4 is 17.4 Å². The Hall–Kier alpha value is -1.95. The summed E-state index contributed by atoms with van der Waals surface area (Å²) in [5.74, 6) is 0. The minimum Gasteiger partial charge on any atom is -0.336 e. The van der Waals surface area contributed by atoms with Crippen molar-refractivity contribution in [1.82, 2.24) is 10.2 Å². The molecule has 0 saturated carbocycles. The van der Waals surface area contributed by atoms with Crippen molar-refractivity contribution in [3.63, 3.8) is 0 Å². The molecule has 0 aromatic heterocycles. The van der Waals surface area contributed by atoms with Gasteiger partial charge in [0, 0.05) is 40.5 Å². The van der Waals surface area contributed by atoms with Crippen LogP contribution in [0.4, 0.5) is 16.2 Å². The molecule has 1 aliphatic heterocycles. The molecule has 6 heteroatoms. The van der Waals surface area contributed by atoms with Crippen LogP contribution in [-0.2, 0) is 0 Å². The first kappa shape index (κ1) is 14.5. The van der Waals surface area contributed by atoms with Crippen LogP contribution in [0, 0.1) is 4.91 Å². The summed E-state index contributed by atoms with van der Waals surface area (Å²) in [6, 6.07) is 6.85. The maximum atomic E-state index is 11.8. The predicted octanol–water partition coefficient (Wildman–Crippen LogP) is 0.771. The van der Waals surface area contributed by atoms with E-state index in [9.17, 15) is 9.70 Å². The number of carbonyl (C=O) groups is 1. The Morgan fingerprint density at radius 1 is 1.40 bits per heavy atom. The zero-order valence-electron chi connectivity index (χ0n) is 11.7. The maximum Gasteiger partial charge on any atom is 0.319 e. The first-order valence-corrected chi connectivity index (χ1v) is 7.00. The third kappa shape index (κ3) is 3.77. The van der Waals surface area contributed by atoms with Crippen LogP contribution in [0.2, 0.25) is 0 Å². The summed E-state index contributed by atoms with van der Waals surface area (Å²) in [5.41, 5.74) is 1.14. The van der Waals surface area contributed by atoms with Crippen LogP contribution >= 0.6 is 0 Å². The minimum atomic E-state index is -0.212. The fourth-order valence-electron chi connectivity index (χ4n) is 2.55. The van der Waals surface area contributed by atoms with Gasteiger partial charge in [0.05, 0.1) is 0 Å². The molecule has 2 amide bonds. The number of nitroso groups, excluding NO2 is 1. The average molecular weight is 277 g/mol. The topological polar surface area (TPSA) is 75.4 Å². The molecule has 2 rings (SSSR count). The lowest BCUT2D eigenvalue weighted by molar-refractivity contribution is -0.379. The number of hydrogen-bond donors (Lipinski definition) is 3. The zero-order chi connectivity index (χ0) is 14.4. The molecule has 0 spiro atoms. The Bertz CT molecular complexity index is 461. The number of carbonyl (C=O) groups excluding carboxylic acids is 1. The summed E-state index contributed by atoms with van der Waals surface area (Å²) >= 11 is 0. The molecular weight excluding hydrogens is 256 g/mol. The van der Waals surface area contributed by atoms with Gasteiger partial charge in [-0.05, 0) is 38.1 Å². The minimum absolute atomic E-state index is 0.212. The van der Waals surface area contributed by atoms with Gasteiger partial charge in [0.2, 0.25) is 0 Å². The lowest BCUT2D eigenvalue weighted by Gasteiger charge is -2.22. The molecule has 1 heterocycles. The van der Waals surface area contributed by atoms with Crippen molar-refractivity contribution in [3.05, 3.63) is 29.2 Å². The van der Waals surface area contributed by atoms with Crippen LogP contribution in [0.25, 0.3) is 0 Å². The van der Waals surface area contributed by atoms with Gasteiger partial charge in [-0.15, -0.1) is 0 Å². The highest BCUT2D eigenvalue weighted by molar-refractivity contribution is 5.89. The Kier molecular flexibility index (Phi) is 5.06. The number of nitrogens with zero attached hydrogens (tertiary/aromatic N) is 1. The highest BCUT2D eigenvalue weighted by atomic mass is 16.3. The van der Waals surface area contributed by atoms with E-state index in [1.54, 1.807) is 29.4 Å². The van der Waals surface area contributed by atoms with Gasteiger partial charge in [-0.25, -0.2) is 4.79 Å². The van der Waals surface area contributed by atoms with Gasteiger partial charge in [-0.1, -0.05) is 6.92 Å². The highest BCUT2D eigenvalue weighted by Gasteiger charge is 2.22. The molecule has 1 unspecified atom stereocenters. The average Bonchev–Trinajstić information content (AvgIpc) is 2.93. The van der Waals surface area contributed by atoms with Crippen LogP contribution < -0.4 is 15.8 Å². The van der Waals surface area contributed by atoms with Crippen molar-refractivity contribution < 1.29 is 9.97 Å². The van der Waals surface area contributed by atoms with E-state index in [2.05, 4.69) is 22.5 Å². The molecule has 0 radical (unpaired) electrons. The second-order valence-corrected chi connectivity index (χ2v) is 4.94. The maximum absolute atomic E-state index is 11.8. The van der Waals surface area contributed by atoms with Gasteiger partial charge < -0.3 is 10.6 Å². The molecule has 20 heavy (non-hydrogen) atoms. The first-order valence-electron chi connectivity index (χ1n) is 7.00. The quantitative estimate of drug-likeness (QED) is 0.744. The second-order valence-electron chi connectivity index (χ2n) is 4.94. The molecule has 0 aliphatic carbocycles. The van der Waals surface area contributed by atoms with E-state index in [0.29, 0.717) is 24.0 Å². The number of hydrogen-bond acceptors (Lipinski definition) is 3. The van der Waals surface area contributed by atoms with Crippen LogP contribution in [0.5, 0.6) is 0 Å². The molecule has 1 aliphatic rings. The normalized spacial score (nSPS) is 18.8. The summed E-state index contributed by atoms with van der Waals surface area (Å²) < 4.78 is 0. The van der Waals surface area contributed by atoms with Gasteiger partial charge in [-0.3, -0.25) is 4.90 Å². The van der Waals surface area contributed by atoms with E-state index >= 15 is 0 Å². The third-order valence-electron chi connectivity index (χ3n) is 3.66. The van der Waals surface area contributed by atoms with Crippen LogP contribution in [-0.4, -0.2) is 36.6 Å². The SMILES string of the molecule is CCN1CCCC1CNC(=O)Nc1ccc([NH+]=O)cc1. The Morgan fingerprint density at radius 2 is 2.15 bits per heavy atom. The Balaban J connectivity index is 1.78. The standard InChI is InChI=1S/C14H20N4O2/c1-2-18-9-3-4-13(18)10-15-14(19)16-11-5-7-12(17-20)8-6-11/h5-8,13H,2-4,9-10H2,1H3,(H2,15,16,19)/p+1. The molecule has 1 aromatic carbocycles. The molecule has 0 bridgehead atoms. The van der Waals surface area contributed by atoms with Gasteiger partial charge in [0.25, 0.3) is 5.69 Å². The highest BCUT2D eigenvalue weighted by Crippen LogP contribution is 2.15. The molecule has 3 N–H and O–H groups in total. The second kappa shape index (κ2) is 7.00. The Labute approximate surface area is 118 Å². The number of rotatable bonds is 5. The summed E-state index contributed by atoms with van der Waals surface area (Å²) in [4.78, 5) is 24.6. The number of amides is 2.